The number of hydrogen-bond acceptors (Lipinski definition) is 7. The molecule has 0 aromatic heterocycles. The molecule has 0 saturated heterocycles. The lowest BCUT2D eigenvalue weighted by molar-refractivity contribution is -0.139. The first-order chi connectivity index (χ1) is 13.9. The fraction of sp³-hybridized carbons (Fsp3) is 0.444. The summed E-state index contributed by atoms with van der Waals surface area (Å²) in [4.78, 5) is 70.7. The van der Waals surface area contributed by atoms with Crippen LogP contribution in [0.2, 0.25) is 0 Å². The normalized spacial score (nSPS) is 15.6. The zero-order valence-electron chi connectivity index (χ0n) is 15.7. The van der Waals surface area contributed by atoms with Gasteiger partial charge in [-0.1, -0.05) is 0 Å². The monoisotopic (exact) mass is 406 g/mol. The largest absolute Gasteiger partial charge is 0.378 e. The predicted octanol–water partition coefficient (Wildman–Crippen LogP) is -2.13. The second-order valence-corrected chi connectivity index (χ2v) is 6.14. The van der Waals surface area contributed by atoms with Gasteiger partial charge in [-0.25, -0.2) is 0 Å². The molecule has 0 spiro atoms. The van der Waals surface area contributed by atoms with Gasteiger partial charge < -0.3 is 15.4 Å². The number of nitrogens with one attached hydrogen (secondary N) is 2. The fourth-order valence-electron chi connectivity index (χ4n) is 2.53. The Hall–Kier alpha value is -3.34. The zero-order valence-corrected chi connectivity index (χ0v) is 15.7. The lowest BCUT2D eigenvalue weighted by Crippen LogP contribution is -2.36. The highest BCUT2D eigenvalue weighted by molar-refractivity contribution is 6.13. The third kappa shape index (κ3) is 6.96. The van der Waals surface area contributed by atoms with E-state index in [9.17, 15) is 28.8 Å². The van der Waals surface area contributed by atoms with Crippen LogP contribution in [0.5, 0.6) is 0 Å². The molecule has 0 fully saturated rings. The van der Waals surface area contributed by atoms with Gasteiger partial charge in [0.25, 0.3) is 23.6 Å². The van der Waals surface area contributed by atoms with Gasteiger partial charge in [-0.2, -0.15) is 0 Å². The molecule has 0 saturated carbocycles. The van der Waals surface area contributed by atoms with Crippen LogP contribution in [-0.4, -0.2) is 84.6 Å². The summed E-state index contributed by atoms with van der Waals surface area (Å²) in [6.45, 7) is 1.00. The molecule has 0 unspecified atom stereocenters. The molecule has 2 rings (SSSR count). The van der Waals surface area contributed by atoms with E-state index in [-0.39, 0.29) is 64.0 Å². The minimum atomic E-state index is -0.427. The average molecular weight is 406 g/mol. The van der Waals surface area contributed by atoms with Crippen LogP contribution in [-0.2, 0) is 33.5 Å². The minimum absolute atomic E-state index is 0.00671. The molecule has 2 aliphatic heterocycles. The van der Waals surface area contributed by atoms with Gasteiger partial charge in [0, 0.05) is 63.3 Å². The molecule has 0 bridgehead atoms. The van der Waals surface area contributed by atoms with Crippen molar-refractivity contribution in [2.45, 2.75) is 12.8 Å². The fourth-order valence-corrected chi connectivity index (χ4v) is 2.53. The molecular formula is C18H22N4O7. The molecule has 2 heterocycles. The van der Waals surface area contributed by atoms with Crippen molar-refractivity contribution < 1.29 is 33.5 Å². The highest BCUT2D eigenvalue weighted by Gasteiger charge is 2.24. The molecule has 0 aromatic carbocycles. The van der Waals surface area contributed by atoms with Gasteiger partial charge in [0.2, 0.25) is 11.8 Å². The topological polar surface area (TPSA) is 142 Å². The molecule has 11 heteroatoms. The molecule has 0 atom stereocenters. The number of carbonyl (C=O) groups is 6. The first-order valence-corrected chi connectivity index (χ1v) is 9.06. The summed E-state index contributed by atoms with van der Waals surface area (Å²) in [5.74, 6) is -2.33. The lowest BCUT2D eigenvalue weighted by atomic mass is 10.3. The van der Waals surface area contributed by atoms with Crippen LogP contribution < -0.4 is 10.6 Å². The Morgan fingerprint density at radius 1 is 0.690 bits per heavy atom. The van der Waals surface area contributed by atoms with Gasteiger partial charge in [-0.05, 0) is 0 Å². The summed E-state index contributed by atoms with van der Waals surface area (Å²) >= 11 is 0. The van der Waals surface area contributed by atoms with E-state index < -0.39 is 23.6 Å². The second-order valence-electron chi connectivity index (χ2n) is 6.14. The van der Waals surface area contributed by atoms with Gasteiger partial charge in [0.15, 0.2) is 0 Å². The first kappa shape index (κ1) is 22.0. The van der Waals surface area contributed by atoms with Crippen molar-refractivity contribution in [3.63, 3.8) is 0 Å². The quantitative estimate of drug-likeness (QED) is 0.278. The summed E-state index contributed by atoms with van der Waals surface area (Å²) in [5.41, 5.74) is 0. The summed E-state index contributed by atoms with van der Waals surface area (Å²) in [6, 6.07) is 0. The number of carbonyl (C=O) groups excluding carboxylic acids is 6. The number of hydrogen-bond donors (Lipinski definition) is 2. The van der Waals surface area contributed by atoms with E-state index in [4.69, 9.17) is 4.74 Å². The Bertz CT molecular complexity index is 661. The smallest absolute Gasteiger partial charge is 0.253 e. The highest BCUT2D eigenvalue weighted by atomic mass is 16.5. The maximum atomic E-state index is 11.7. The van der Waals surface area contributed by atoms with Crippen molar-refractivity contribution >= 4 is 35.4 Å². The van der Waals surface area contributed by atoms with Crippen molar-refractivity contribution in [2.24, 2.45) is 0 Å². The Labute approximate surface area is 166 Å². The number of ether oxygens (including phenoxy) is 1. The molecule has 11 nitrogen and oxygen atoms in total. The van der Waals surface area contributed by atoms with E-state index >= 15 is 0 Å². The van der Waals surface area contributed by atoms with E-state index in [1.54, 1.807) is 0 Å². The Morgan fingerprint density at radius 2 is 1.03 bits per heavy atom. The summed E-state index contributed by atoms with van der Waals surface area (Å²) < 4.78 is 5.27. The van der Waals surface area contributed by atoms with Crippen molar-refractivity contribution in [1.29, 1.82) is 0 Å². The van der Waals surface area contributed by atoms with Crippen LogP contribution in [0.3, 0.4) is 0 Å². The molecule has 2 N–H and O–H groups in total. The first-order valence-electron chi connectivity index (χ1n) is 9.06. The molecular weight excluding hydrogens is 384 g/mol. The van der Waals surface area contributed by atoms with Gasteiger partial charge in [-0.3, -0.25) is 38.6 Å². The zero-order chi connectivity index (χ0) is 21.2. The average Bonchev–Trinajstić information content (AvgIpc) is 3.18. The Balaban J connectivity index is 1.43. The van der Waals surface area contributed by atoms with E-state index in [2.05, 4.69) is 10.6 Å². The third-order valence-corrected chi connectivity index (χ3v) is 4.06. The molecule has 29 heavy (non-hydrogen) atoms. The van der Waals surface area contributed by atoms with Crippen molar-refractivity contribution in [2.75, 3.05) is 39.4 Å². The molecule has 156 valence electrons. The van der Waals surface area contributed by atoms with E-state index in [1.165, 1.54) is 0 Å². The third-order valence-electron chi connectivity index (χ3n) is 4.06. The molecule has 2 aliphatic rings. The van der Waals surface area contributed by atoms with Crippen LogP contribution in [0.25, 0.3) is 0 Å². The lowest BCUT2D eigenvalue weighted by Gasteiger charge is -2.13. The molecule has 6 amide bonds. The van der Waals surface area contributed by atoms with Crippen LogP contribution in [0.1, 0.15) is 12.8 Å². The van der Waals surface area contributed by atoms with Gasteiger partial charge in [0.1, 0.15) is 0 Å². The van der Waals surface area contributed by atoms with Crippen molar-refractivity contribution in [1.82, 2.24) is 20.4 Å². The molecule has 0 aromatic rings. The summed E-state index contributed by atoms with van der Waals surface area (Å²) in [5, 5.41) is 5.20. The maximum Gasteiger partial charge on any atom is 0.253 e. The molecule has 0 radical (unpaired) electrons. The minimum Gasteiger partial charge on any atom is -0.378 e. The number of rotatable bonds is 12. The maximum absolute atomic E-state index is 11.7. The van der Waals surface area contributed by atoms with Crippen LogP contribution in [0.15, 0.2) is 24.3 Å². The Morgan fingerprint density at radius 3 is 1.38 bits per heavy atom. The Kier molecular flexibility index (Phi) is 8.22. The van der Waals surface area contributed by atoms with Crippen molar-refractivity contribution in [3.05, 3.63) is 24.3 Å². The van der Waals surface area contributed by atoms with Gasteiger partial charge in [0.05, 0.1) is 13.2 Å². The standard InChI is InChI=1S/C18H22N4O7/c23-13(5-9-21-15(25)1-2-16(21)26)19-7-11-29-12-8-20-14(24)6-10-22-17(27)3-4-18(22)28/h1-4H,5-12H2,(H,19,23)(H,20,24). The molecule has 0 aliphatic carbocycles. The number of nitrogens with zero attached hydrogens (tertiary/aromatic N) is 2. The van der Waals surface area contributed by atoms with Gasteiger partial charge in [-0.15, -0.1) is 0 Å². The van der Waals surface area contributed by atoms with Crippen LogP contribution in [0.4, 0.5) is 0 Å². The SMILES string of the molecule is O=C(CCN1C(=O)C=CC1=O)NCCOCCNC(=O)CCN1C(=O)C=CC1=O. The van der Waals surface area contributed by atoms with Crippen LogP contribution >= 0.6 is 0 Å². The summed E-state index contributed by atoms with van der Waals surface area (Å²) in [6.07, 6.45) is 4.66. The predicted molar refractivity (Wildman–Crippen MR) is 97.8 cm³/mol. The number of amides is 6. The van der Waals surface area contributed by atoms with E-state index in [1.807, 2.05) is 0 Å². The highest BCUT2D eigenvalue weighted by Crippen LogP contribution is 2.04. The summed E-state index contributed by atoms with van der Waals surface area (Å²) in [7, 11) is 0. The van der Waals surface area contributed by atoms with E-state index in [0.717, 1.165) is 34.1 Å². The van der Waals surface area contributed by atoms with E-state index in [0.29, 0.717) is 0 Å². The number of imide groups is 2. The van der Waals surface area contributed by atoms with Gasteiger partial charge >= 0.3 is 0 Å². The van der Waals surface area contributed by atoms with Crippen molar-refractivity contribution in [3.8, 4) is 0 Å². The second kappa shape index (κ2) is 10.9. The van der Waals surface area contributed by atoms with Crippen LogP contribution in [0, 0.1) is 0 Å².